The molecule has 0 saturated heterocycles. The van der Waals surface area contributed by atoms with Gasteiger partial charge >= 0.3 is 0 Å². The van der Waals surface area contributed by atoms with Gasteiger partial charge in [0.2, 0.25) is 0 Å². The fraction of sp³-hybridized carbons (Fsp3) is 0. The maximum atomic E-state index is 9.59. The predicted octanol–water partition coefficient (Wildman–Crippen LogP) is 16.8. The number of hydrogen-bond acceptors (Lipinski definition) is 1. The van der Waals surface area contributed by atoms with E-state index in [0.717, 1.165) is 93.5 Å². The molecular weight excluding hydrogens is 851 g/mol. The number of fused-ring (bicyclic) bond motifs is 12. The highest BCUT2D eigenvalue weighted by Gasteiger charge is 2.25. The zero-order chi connectivity index (χ0) is 52.8. The topological polar surface area (TPSA) is 32.6 Å². The molecule has 0 aliphatic rings. The van der Waals surface area contributed by atoms with Gasteiger partial charge in [-0.1, -0.05) is 176 Å². The van der Waals surface area contributed by atoms with Gasteiger partial charge in [-0.15, -0.1) is 0 Å². The Hall–Kier alpha value is -9.45. The minimum Gasteiger partial charge on any atom is -0.309 e. The standard InChI is InChI=1S/C65H41N5/c1-10-30-53-43(20-1)44-21-2-11-31-54(44)67(53)57-34-14-9-28-51(57)52-29-19-39-62(68-55-32-12-3-22-45(55)46-23-4-13-33-56(46)68)65(52)42-40-63(69-58-35-15-5-24-47(58)48-25-6-16-36-59(48)69)66-64(41-42)70-60-37-17-7-26-49(60)50-27-8-18-38-61(50)70/h1-41H/i5D,6D,15D,16D,24D,25D,35D,36D. The van der Waals surface area contributed by atoms with Crippen molar-refractivity contribution in [2.24, 2.45) is 0 Å². The molecule has 15 rings (SSSR count). The van der Waals surface area contributed by atoms with Crippen molar-refractivity contribution in [3.8, 4) is 45.3 Å². The first-order chi connectivity index (χ1) is 38.1. The lowest BCUT2D eigenvalue weighted by atomic mass is 9.91. The molecule has 0 aliphatic carbocycles. The van der Waals surface area contributed by atoms with Gasteiger partial charge in [0.25, 0.3) is 0 Å². The highest BCUT2D eigenvalue weighted by atomic mass is 15.1. The van der Waals surface area contributed by atoms with E-state index in [2.05, 4.69) is 184 Å². The number of nitrogens with zero attached hydrogens (tertiary/aromatic N) is 5. The van der Waals surface area contributed by atoms with Gasteiger partial charge in [0.15, 0.2) is 0 Å². The number of hydrogen-bond donors (Lipinski definition) is 0. The smallest absolute Gasteiger partial charge is 0.140 e. The molecule has 326 valence electrons. The summed E-state index contributed by atoms with van der Waals surface area (Å²) in [7, 11) is 0. The Balaban J connectivity index is 1.15. The van der Waals surface area contributed by atoms with Crippen LogP contribution in [0.1, 0.15) is 11.0 Å². The van der Waals surface area contributed by atoms with Crippen LogP contribution in [0.15, 0.2) is 249 Å². The van der Waals surface area contributed by atoms with Gasteiger partial charge in [0.05, 0.1) is 66.5 Å². The summed E-state index contributed by atoms with van der Waals surface area (Å²) in [5.74, 6) is 0.647. The van der Waals surface area contributed by atoms with Gasteiger partial charge in [-0.05, 0) is 83.9 Å². The molecule has 0 spiro atoms. The van der Waals surface area contributed by atoms with E-state index in [0.29, 0.717) is 11.4 Å². The average Bonchev–Trinajstić information content (AvgIpc) is 4.39. The van der Waals surface area contributed by atoms with Crippen LogP contribution >= 0.6 is 0 Å². The Morgan fingerprint density at radius 3 is 1.10 bits per heavy atom. The molecule has 0 unspecified atom stereocenters. The molecule has 0 N–H and O–H groups in total. The van der Waals surface area contributed by atoms with E-state index in [1.54, 1.807) is 0 Å². The van der Waals surface area contributed by atoms with Crippen molar-refractivity contribution in [2.75, 3.05) is 0 Å². The lowest BCUT2D eigenvalue weighted by molar-refractivity contribution is 1.01. The van der Waals surface area contributed by atoms with Crippen molar-refractivity contribution in [1.82, 2.24) is 23.3 Å². The second kappa shape index (κ2) is 15.0. The SMILES string of the molecule is [2H]c1c([2H])c([2H])c2c(c1[2H])c1c([2H])c([2H])c([2H])c([2H])c1n2-c1cc(-c2c(-c3ccccc3-n3c4ccccc4c4ccccc43)cccc2-n2c3ccccc3c3ccccc32)cc(-n2c3ccccc3c3ccccc32)n1. The molecule has 15 aromatic rings. The minimum atomic E-state index is -0.515. The van der Waals surface area contributed by atoms with E-state index in [1.807, 2.05) is 30.3 Å². The van der Waals surface area contributed by atoms with Crippen LogP contribution in [0.4, 0.5) is 0 Å². The van der Waals surface area contributed by atoms with Crippen molar-refractivity contribution >= 4 is 87.2 Å². The highest BCUT2D eigenvalue weighted by molar-refractivity contribution is 6.13. The van der Waals surface area contributed by atoms with Crippen molar-refractivity contribution in [3.63, 3.8) is 0 Å². The van der Waals surface area contributed by atoms with E-state index in [9.17, 15) is 5.48 Å². The summed E-state index contributed by atoms with van der Waals surface area (Å²) in [5.41, 5.74) is 10.9. The van der Waals surface area contributed by atoms with Crippen LogP contribution in [0.5, 0.6) is 0 Å². The first-order valence-electron chi connectivity index (χ1n) is 27.3. The summed E-state index contributed by atoms with van der Waals surface area (Å²) in [5, 5.41) is 6.33. The van der Waals surface area contributed by atoms with E-state index < -0.39 is 48.3 Å². The first kappa shape index (κ1) is 31.5. The quantitative estimate of drug-likeness (QED) is 0.164. The third-order valence-electron chi connectivity index (χ3n) is 14.0. The van der Waals surface area contributed by atoms with E-state index in [1.165, 1.54) is 4.57 Å². The van der Waals surface area contributed by atoms with Gasteiger partial charge < -0.3 is 9.13 Å². The zero-order valence-electron chi connectivity index (χ0n) is 45.3. The van der Waals surface area contributed by atoms with Crippen molar-refractivity contribution in [3.05, 3.63) is 249 Å². The van der Waals surface area contributed by atoms with E-state index in [-0.39, 0.29) is 27.6 Å². The summed E-state index contributed by atoms with van der Waals surface area (Å²) in [4.78, 5) is 5.52. The number of pyridine rings is 1. The van der Waals surface area contributed by atoms with Gasteiger partial charge in [-0.3, -0.25) is 9.13 Å². The van der Waals surface area contributed by atoms with Crippen molar-refractivity contribution in [1.29, 1.82) is 0 Å². The molecule has 10 aromatic carbocycles. The third kappa shape index (κ3) is 5.51. The zero-order valence-corrected chi connectivity index (χ0v) is 37.3. The van der Waals surface area contributed by atoms with Crippen LogP contribution in [-0.2, 0) is 0 Å². The highest BCUT2D eigenvalue weighted by Crippen LogP contribution is 2.46. The van der Waals surface area contributed by atoms with Crippen LogP contribution in [0.2, 0.25) is 0 Å². The van der Waals surface area contributed by atoms with Crippen molar-refractivity contribution in [2.45, 2.75) is 0 Å². The van der Waals surface area contributed by atoms with Crippen molar-refractivity contribution < 1.29 is 11.0 Å². The Morgan fingerprint density at radius 1 is 0.286 bits per heavy atom. The molecule has 0 atom stereocenters. The molecule has 5 aromatic heterocycles. The summed E-state index contributed by atoms with van der Waals surface area (Å²) in [6, 6.07) is 65.0. The van der Waals surface area contributed by atoms with Gasteiger partial charge in [-0.2, -0.15) is 0 Å². The molecule has 0 saturated carbocycles. The fourth-order valence-electron chi connectivity index (χ4n) is 11.2. The average molecular weight is 900 g/mol. The van der Waals surface area contributed by atoms with Crippen LogP contribution in [-0.4, -0.2) is 23.3 Å². The Labute approximate surface area is 413 Å². The second-order valence-electron chi connectivity index (χ2n) is 17.7. The molecule has 0 amide bonds. The largest absolute Gasteiger partial charge is 0.309 e. The van der Waals surface area contributed by atoms with E-state index in [4.69, 9.17) is 10.5 Å². The lowest BCUT2D eigenvalue weighted by Crippen LogP contribution is -2.06. The molecule has 5 heteroatoms. The Morgan fingerprint density at radius 2 is 0.629 bits per heavy atom. The van der Waals surface area contributed by atoms with Crippen LogP contribution in [0.25, 0.3) is 132 Å². The van der Waals surface area contributed by atoms with Gasteiger partial charge in [0, 0.05) is 54.2 Å². The Kier molecular flexibility index (Phi) is 6.76. The summed E-state index contributed by atoms with van der Waals surface area (Å²) in [6.07, 6.45) is 0. The number of aromatic nitrogens is 5. The van der Waals surface area contributed by atoms with Crippen LogP contribution in [0, 0.1) is 0 Å². The lowest BCUT2D eigenvalue weighted by Gasteiger charge is -2.22. The number of para-hydroxylation sites is 9. The summed E-state index contributed by atoms with van der Waals surface area (Å²) < 4.78 is 81.9. The molecule has 0 bridgehead atoms. The minimum absolute atomic E-state index is 0.0200. The number of rotatable bonds is 6. The van der Waals surface area contributed by atoms with Gasteiger partial charge in [0.1, 0.15) is 11.6 Å². The summed E-state index contributed by atoms with van der Waals surface area (Å²) in [6.45, 7) is 0. The second-order valence-corrected chi connectivity index (χ2v) is 17.7. The molecule has 5 nitrogen and oxygen atoms in total. The maximum absolute atomic E-state index is 9.59. The predicted molar refractivity (Wildman–Crippen MR) is 292 cm³/mol. The fourth-order valence-corrected chi connectivity index (χ4v) is 11.2. The monoisotopic (exact) mass is 899 g/mol. The van der Waals surface area contributed by atoms with E-state index >= 15 is 0 Å². The Bertz CT molecular complexity index is 4870. The molecule has 5 heterocycles. The third-order valence-corrected chi connectivity index (χ3v) is 14.0. The molecule has 0 aliphatic heterocycles. The first-order valence-corrected chi connectivity index (χ1v) is 23.3. The summed E-state index contributed by atoms with van der Waals surface area (Å²) >= 11 is 0. The molecule has 0 radical (unpaired) electrons. The molecule has 0 fully saturated rings. The molecule has 70 heavy (non-hydrogen) atoms. The molecular formula is C65H41N5. The van der Waals surface area contributed by atoms with Crippen LogP contribution < -0.4 is 0 Å². The van der Waals surface area contributed by atoms with Gasteiger partial charge in [-0.25, -0.2) is 4.98 Å². The number of benzene rings is 10. The van der Waals surface area contributed by atoms with Crippen LogP contribution in [0.3, 0.4) is 0 Å². The normalized spacial score (nSPS) is 13.6. The maximum Gasteiger partial charge on any atom is 0.140 e.